The van der Waals surface area contributed by atoms with E-state index in [2.05, 4.69) is 21.8 Å². The molecule has 0 amide bonds. The molecule has 2 heterocycles. The fourth-order valence-corrected chi connectivity index (χ4v) is 2.77. The Balaban J connectivity index is 2.09. The van der Waals surface area contributed by atoms with Crippen LogP contribution in [0.2, 0.25) is 0 Å². The number of rotatable bonds is 3. The molecule has 1 unspecified atom stereocenters. The van der Waals surface area contributed by atoms with Gasteiger partial charge in [0.25, 0.3) is 0 Å². The minimum Gasteiger partial charge on any atom is -0.478 e. The second kappa shape index (κ2) is 5.39. The van der Waals surface area contributed by atoms with E-state index in [1.807, 2.05) is 24.8 Å². The first-order valence-corrected chi connectivity index (χ1v) is 6.66. The standard InChI is InChI=1S/C11H17N3OS/c1-3-15-11-6-10(12-8-13-11)14-4-5-16-9(2)7-14/h6,8-9H,3-5,7H2,1-2H3. The molecule has 1 aliphatic heterocycles. The van der Waals surface area contributed by atoms with Gasteiger partial charge in [0.15, 0.2) is 0 Å². The number of hydrogen-bond acceptors (Lipinski definition) is 5. The summed E-state index contributed by atoms with van der Waals surface area (Å²) in [6, 6.07) is 1.92. The molecule has 1 saturated heterocycles. The van der Waals surface area contributed by atoms with Gasteiger partial charge in [-0.1, -0.05) is 6.92 Å². The van der Waals surface area contributed by atoms with E-state index >= 15 is 0 Å². The summed E-state index contributed by atoms with van der Waals surface area (Å²) in [5.41, 5.74) is 0. The Morgan fingerprint density at radius 3 is 3.19 bits per heavy atom. The summed E-state index contributed by atoms with van der Waals surface area (Å²) in [6.07, 6.45) is 1.58. The van der Waals surface area contributed by atoms with Crippen molar-refractivity contribution in [1.82, 2.24) is 9.97 Å². The molecule has 0 saturated carbocycles. The summed E-state index contributed by atoms with van der Waals surface area (Å²) in [5, 5.41) is 0.666. The van der Waals surface area contributed by atoms with Crippen LogP contribution in [-0.2, 0) is 0 Å². The lowest BCUT2D eigenvalue weighted by Gasteiger charge is -2.31. The monoisotopic (exact) mass is 239 g/mol. The van der Waals surface area contributed by atoms with Crippen molar-refractivity contribution >= 4 is 17.6 Å². The van der Waals surface area contributed by atoms with Gasteiger partial charge >= 0.3 is 0 Å². The Bertz CT molecular complexity index is 348. The summed E-state index contributed by atoms with van der Waals surface area (Å²) >= 11 is 2.01. The van der Waals surface area contributed by atoms with Crippen molar-refractivity contribution < 1.29 is 4.74 Å². The summed E-state index contributed by atoms with van der Waals surface area (Å²) in [7, 11) is 0. The smallest absolute Gasteiger partial charge is 0.218 e. The Labute approximate surface area is 100 Å². The van der Waals surface area contributed by atoms with Crippen LogP contribution in [0.3, 0.4) is 0 Å². The fourth-order valence-electron chi connectivity index (χ4n) is 1.76. The van der Waals surface area contributed by atoms with Crippen LogP contribution in [0.15, 0.2) is 12.4 Å². The largest absolute Gasteiger partial charge is 0.478 e. The quantitative estimate of drug-likeness (QED) is 0.804. The molecule has 0 spiro atoms. The van der Waals surface area contributed by atoms with Crippen LogP contribution >= 0.6 is 11.8 Å². The molecule has 1 aromatic heterocycles. The number of thioether (sulfide) groups is 1. The third-order valence-corrected chi connectivity index (χ3v) is 3.62. The van der Waals surface area contributed by atoms with Crippen molar-refractivity contribution in [3.63, 3.8) is 0 Å². The average Bonchev–Trinajstić information content (AvgIpc) is 2.30. The lowest BCUT2D eigenvalue weighted by atomic mass is 10.3. The zero-order valence-corrected chi connectivity index (χ0v) is 10.5. The average molecular weight is 239 g/mol. The van der Waals surface area contributed by atoms with Gasteiger partial charge in [0.1, 0.15) is 12.1 Å². The number of anilines is 1. The first kappa shape index (κ1) is 11.5. The van der Waals surface area contributed by atoms with E-state index in [1.165, 1.54) is 0 Å². The molecule has 0 radical (unpaired) electrons. The molecule has 1 aromatic rings. The van der Waals surface area contributed by atoms with E-state index in [0.29, 0.717) is 17.7 Å². The molecule has 1 fully saturated rings. The van der Waals surface area contributed by atoms with Gasteiger partial charge in [0.2, 0.25) is 5.88 Å². The van der Waals surface area contributed by atoms with Crippen molar-refractivity contribution in [2.75, 3.05) is 30.3 Å². The van der Waals surface area contributed by atoms with Crippen LogP contribution in [0.4, 0.5) is 5.82 Å². The Hall–Kier alpha value is -0.970. The van der Waals surface area contributed by atoms with Crippen molar-refractivity contribution in [1.29, 1.82) is 0 Å². The maximum absolute atomic E-state index is 5.38. The Morgan fingerprint density at radius 1 is 1.56 bits per heavy atom. The SMILES string of the molecule is CCOc1cc(N2CCSC(C)C2)ncn1. The fraction of sp³-hybridized carbons (Fsp3) is 0.636. The molecule has 5 heteroatoms. The van der Waals surface area contributed by atoms with Gasteiger partial charge in [0.05, 0.1) is 6.61 Å². The predicted octanol–water partition coefficient (Wildman–Crippen LogP) is 1.82. The second-order valence-corrected chi connectivity index (χ2v) is 5.32. The summed E-state index contributed by atoms with van der Waals surface area (Å²) < 4.78 is 5.38. The van der Waals surface area contributed by atoms with Crippen molar-refractivity contribution in [3.8, 4) is 5.88 Å². The van der Waals surface area contributed by atoms with Crippen LogP contribution < -0.4 is 9.64 Å². The van der Waals surface area contributed by atoms with Gasteiger partial charge in [-0.2, -0.15) is 11.8 Å². The first-order valence-electron chi connectivity index (χ1n) is 5.61. The third kappa shape index (κ3) is 2.78. The lowest BCUT2D eigenvalue weighted by molar-refractivity contribution is 0.326. The molecule has 4 nitrogen and oxygen atoms in total. The number of nitrogens with zero attached hydrogens (tertiary/aromatic N) is 3. The maximum atomic E-state index is 5.38. The second-order valence-electron chi connectivity index (χ2n) is 3.77. The lowest BCUT2D eigenvalue weighted by Crippen LogP contribution is -2.37. The van der Waals surface area contributed by atoms with Gasteiger partial charge in [-0.25, -0.2) is 9.97 Å². The summed E-state index contributed by atoms with van der Waals surface area (Å²) in [4.78, 5) is 10.7. The van der Waals surface area contributed by atoms with Gasteiger partial charge in [-0.15, -0.1) is 0 Å². The molecule has 0 N–H and O–H groups in total. The molecular formula is C11H17N3OS. The van der Waals surface area contributed by atoms with Gasteiger partial charge in [0, 0.05) is 30.2 Å². The zero-order chi connectivity index (χ0) is 11.4. The number of hydrogen-bond donors (Lipinski definition) is 0. The highest BCUT2D eigenvalue weighted by atomic mass is 32.2. The van der Waals surface area contributed by atoms with E-state index < -0.39 is 0 Å². The summed E-state index contributed by atoms with van der Waals surface area (Å²) in [6.45, 7) is 6.95. The molecule has 0 bridgehead atoms. The molecule has 16 heavy (non-hydrogen) atoms. The van der Waals surface area contributed by atoms with E-state index in [1.54, 1.807) is 6.33 Å². The van der Waals surface area contributed by atoms with Gasteiger partial charge in [-0.3, -0.25) is 0 Å². The van der Waals surface area contributed by atoms with Crippen molar-refractivity contribution in [3.05, 3.63) is 12.4 Å². The van der Waals surface area contributed by atoms with Crippen molar-refractivity contribution in [2.45, 2.75) is 19.1 Å². The Kier molecular flexibility index (Phi) is 3.88. The van der Waals surface area contributed by atoms with Crippen LogP contribution in [-0.4, -0.2) is 40.7 Å². The minimum atomic E-state index is 0.642. The normalized spacial score (nSPS) is 20.9. The molecule has 1 atom stereocenters. The topological polar surface area (TPSA) is 38.2 Å². The van der Waals surface area contributed by atoms with Gasteiger partial charge < -0.3 is 9.64 Å². The van der Waals surface area contributed by atoms with E-state index in [9.17, 15) is 0 Å². The Morgan fingerprint density at radius 2 is 2.44 bits per heavy atom. The van der Waals surface area contributed by atoms with Gasteiger partial charge in [-0.05, 0) is 6.92 Å². The highest BCUT2D eigenvalue weighted by Gasteiger charge is 2.18. The minimum absolute atomic E-state index is 0.642. The highest BCUT2D eigenvalue weighted by Crippen LogP contribution is 2.23. The van der Waals surface area contributed by atoms with Crippen molar-refractivity contribution in [2.24, 2.45) is 0 Å². The predicted molar refractivity (Wildman–Crippen MR) is 67.3 cm³/mol. The summed E-state index contributed by atoms with van der Waals surface area (Å²) in [5.74, 6) is 2.80. The molecule has 0 aromatic carbocycles. The molecule has 2 rings (SSSR count). The first-order chi connectivity index (χ1) is 7.79. The number of aromatic nitrogens is 2. The van der Waals surface area contributed by atoms with E-state index in [4.69, 9.17) is 4.74 Å². The third-order valence-electron chi connectivity index (χ3n) is 2.48. The molecule has 88 valence electrons. The van der Waals surface area contributed by atoms with Crippen LogP contribution in [0.25, 0.3) is 0 Å². The van der Waals surface area contributed by atoms with Crippen LogP contribution in [0.5, 0.6) is 5.88 Å². The molecule has 0 aliphatic carbocycles. The maximum Gasteiger partial charge on any atom is 0.218 e. The zero-order valence-electron chi connectivity index (χ0n) is 9.72. The molecule has 1 aliphatic rings. The van der Waals surface area contributed by atoms with E-state index in [-0.39, 0.29) is 0 Å². The van der Waals surface area contributed by atoms with E-state index in [0.717, 1.165) is 24.7 Å². The molecular weight excluding hydrogens is 222 g/mol. The van der Waals surface area contributed by atoms with Crippen LogP contribution in [0.1, 0.15) is 13.8 Å². The van der Waals surface area contributed by atoms with Crippen LogP contribution in [0, 0.1) is 0 Å². The number of ether oxygens (including phenoxy) is 1. The highest BCUT2D eigenvalue weighted by molar-refractivity contribution is 8.00.